The Kier molecular flexibility index (Phi) is 11.8. The van der Waals surface area contributed by atoms with E-state index in [-0.39, 0.29) is 23.9 Å². The third kappa shape index (κ3) is 9.31. The van der Waals surface area contributed by atoms with Gasteiger partial charge in [-0.1, -0.05) is 20.3 Å². The largest absolute Gasteiger partial charge is 0.457 e. The molecule has 3 aromatic rings. The third-order valence-corrected chi connectivity index (χ3v) is 8.00. The lowest BCUT2D eigenvalue weighted by Gasteiger charge is -2.29. The first-order valence-corrected chi connectivity index (χ1v) is 15.6. The van der Waals surface area contributed by atoms with Crippen LogP contribution >= 0.6 is 0 Å². The fourth-order valence-corrected chi connectivity index (χ4v) is 5.31. The van der Waals surface area contributed by atoms with Gasteiger partial charge in [0.15, 0.2) is 0 Å². The first-order valence-electron chi connectivity index (χ1n) is 15.6. The van der Waals surface area contributed by atoms with Crippen molar-refractivity contribution in [2.75, 3.05) is 41.7 Å². The maximum atomic E-state index is 13.0. The minimum Gasteiger partial charge on any atom is -0.457 e. The van der Waals surface area contributed by atoms with Gasteiger partial charge in [0, 0.05) is 48.7 Å². The monoisotopic (exact) mass is 599 g/mol. The quantitative estimate of drug-likeness (QED) is 0.205. The van der Waals surface area contributed by atoms with Crippen molar-refractivity contribution >= 4 is 34.9 Å². The minimum absolute atomic E-state index is 0.00971. The summed E-state index contributed by atoms with van der Waals surface area (Å²) in [6.07, 6.45) is 5.47. The number of nitrogens with zero attached hydrogens (tertiary/aromatic N) is 2. The van der Waals surface area contributed by atoms with Crippen LogP contribution in [0.5, 0.6) is 11.5 Å². The Hall–Kier alpha value is -4.37. The lowest BCUT2D eigenvalue weighted by molar-refractivity contribution is -0.116. The molecule has 1 heterocycles. The number of aryl methyl sites for hydroxylation is 1. The lowest BCUT2D eigenvalue weighted by atomic mass is 10.1. The van der Waals surface area contributed by atoms with E-state index in [4.69, 9.17) is 4.74 Å². The van der Waals surface area contributed by atoms with E-state index in [2.05, 4.69) is 20.9 Å². The number of ether oxygens (including phenoxy) is 1. The topological polar surface area (TPSA) is 103 Å². The second-order valence-electron chi connectivity index (χ2n) is 11.3. The van der Waals surface area contributed by atoms with E-state index in [0.717, 1.165) is 43.7 Å². The van der Waals surface area contributed by atoms with Crippen LogP contribution in [0, 0.1) is 6.92 Å². The maximum Gasteiger partial charge on any atom is 0.319 e. The molecule has 0 aliphatic carbocycles. The highest BCUT2D eigenvalue weighted by Crippen LogP contribution is 2.28. The molecule has 0 aromatic heterocycles. The van der Waals surface area contributed by atoms with Gasteiger partial charge < -0.3 is 30.5 Å². The van der Waals surface area contributed by atoms with Crippen molar-refractivity contribution in [2.45, 2.75) is 65.8 Å². The van der Waals surface area contributed by atoms with Gasteiger partial charge in [0.05, 0.1) is 0 Å². The van der Waals surface area contributed by atoms with Gasteiger partial charge in [-0.15, -0.1) is 0 Å². The highest BCUT2D eigenvalue weighted by molar-refractivity contribution is 6.04. The molecule has 4 amide bonds. The second kappa shape index (κ2) is 15.9. The minimum atomic E-state index is -0.233. The predicted octanol–water partition coefficient (Wildman–Crippen LogP) is 7.19. The van der Waals surface area contributed by atoms with Gasteiger partial charge in [0.25, 0.3) is 5.91 Å². The van der Waals surface area contributed by atoms with Crippen LogP contribution in [0.15, 0.2) is 66.7 Å². The number of carbonyl (C=O) groups excluding carboxylic acids is 3. The fourth-order valence-electron chi connectivity index (χ4n) is 5.31. The van der Waals surface area contributed by atoms with Crippen LogP contribution in [0.2, 0.25) is 0 Å². The molecule has 0 saturated carbocycles. The van der Waals surface area contributed by atoms with Crippen molar-refractivity contribution in [3.8, 4) is 11.5 Å². The van der Waals surface area contributed by atoms with Crippen LogP contribution in [0.25, 0.3) is 0 Å². The highest BCUT2D eigenvalue weighted by atomic mass is 16.5. The average Bonchev–Trinajstić information content (AvgIpc) is 3.03. The van der Waals surface area contributed by atoms with Gasteiger partial charge in [-0.25, -0.2) is 4.79 Å². The summed E-state index contributed by atoms with van der Waals surface area (Å²) in [5, 5.41) is 8.75. The number of piperidine rings is 1. The number of hydrogen-bond donors (Lipinski definition) is 3. The van der Waals surface area contributed by atoms with Crippen LogP contribution in [0.3, 0.4) is 0 Å². The molecule has 0 spiro atoms. The number of urea groups is 1. The lowest BCUT2D eigenvalue weighted by Crippen LogP contribution is -2.39. The van der Waals surface area contributed by atoms with Crippen molar-refractivity contribution in [2.24, 2.45) is 0 Å². The van der Waals surface area contributed by atoms with Gasteiger partial charge in [0.1, 0.15) is 11.5 Å². The second-order valence-corrected chi connectivity index (χ2v) is 11.3. The Morgan fingerprint density at radius 3 is 2.14 bits per heavy atom. The normalized spacial score (nSPS) is 13.3. The van der Waals surface area contributed by atoms with E-state index in [9.17, 15) is 14.4 Å². The summed E-state index contributed by atoms with van der Waals surface area (Å²) in [5.41, 5.74) is 3.48. The first kappa shape index (κ1) is 32.5. The number of rotatable bonds is 12. The van der Waals surface area contributed by atoms with Gasteiger partial charge in [-0.05, 0) is 118 Å². The SMILES string of the molecule is CCC(CC)NC(=O)Nc1ccc(Oc2ccc(NC(=O)c3ccc(N(CCN4CCCCC4)C(C)=O)cc3)cc2C)cc1. The van der Waals surface area contributed by atoms with Crippen LogP contribution in [0.4, 0.5) is 21.9 Å². The molecular weight excluding hydrogens is 554 g/mol. The molecule has 1 aliphatic rings. The number of hydrogen-bond acceptors (Lipinski definition) is 5. The number of anilines is 3. The van der Waals surface area contributed by atoms with E-state index in [0.29, 0.717) is 35.0 Å². The standard InChI is InChI=1S/C35H45N5O4/c1-5-28(6-2)37-35(43)38-29-12-17-32(18-13-29)44-33-19-14-30(24-25(33)3)36-34(42)27-10-15-31(16-11-27)40(26(4)41)23-22-39-20-8-7-9-21-39/h10-19,24,28H,5-9,20-23H2,1-4H3,(H,36,42)(H2,37,38,43). The molecule has 0 atom stereocenters. The van der Waals surface area contributed by atoms with Crippen LogP contribution in [0.1, 0.15) is 68.8 Å². The summed E-state index contributed by atoms with van der Waals surface area (Å²) in [6.45, 7) is 11.2. The summed E-state index contributed by atoms with van der Waals surface area (Å²) >= 11 is 0. The number of nitrogens with one attached hydrogen (secondary N) is 3. The fraction of sp³-hybridized carbons (Fsp3) is 0.400. The van der Waals surface area contributed by atoms with Gasteiger partial charge in [-0.3, -0.25) is 9.59 Å². The molecule has 0 unspecified atom stereocenters. The van der Waals surface area contributed by atoms with Crippen molar-refractivity contribution in [3.05, 3.63) is 77.9 Å². The summed E-state index contributed by atoms with van der Waals surface area (Å²) in [6, 6.07) is 19.7. The Bertz CT molecular complexity index is 1400. The summed E-state index contributed by atoms with van der Waals surface area (Å²) in [7, 11) is 0. The molecule has 1 fully saturated rings. The zero-order valence-corrected chi connectivity index (χ0v) is 26.3. The van der Waals surface area contributed by atoms with Crippen LogP contribution in [-0.2, 0) is 4.79 Å². The smallest absolute Gasteiger partial charge is 0.319 e. The van der Waals surface area contributed by atoms with Crippen molar-refractivity contribution < 1.29 is 19.1 Å². The number of likely N-dealkylation sites (tertiary alicyclic amines) is 1. The van der Waals surface area contributed by atoms with Crippen LogP contribution < -0.4 is 25.6 Å². The summed E-state index contributed by atoms with van der Waals surface area (Å²) in [5.74, 6) is 1.05. The van der Waals surface area contributed by atoms with Crippen molar-refractivity contribution in [1.82, 2.24) is 10.2 Å². The van der Waals surface area contributed by atoms with Crippen molar-refractivity contribution in [3.63, 3.8) is 0 Å². The molecule has 1 aliphatic heterocycles. The molecule has 1 saturated heterocycles. The molecule has 0 radical (unpaired) electrons. The van der Waals surface area contributed by atoms with E-state index >= 15 is 0 Å². The van der Waals surface area contributed by atoms with Crippen molar-refractivity contribution in [1.29, 1.82) is 0 Å². The van der Waals surface area contributed by atoms with E-state index in [1.807, 2.05) is 45.0 Å². The van der Waals surface area contributed by atoms with Gasteiger partial charge in [0.2, 0.25) is 5.91 Å². The third-order valence-electron chi connectivity index (χ3n) is 8.00. The Morgan fingerprint density at radius 2 is 1.52 bits per heavy atom. The van der Waals surface area contributed by atoms with Crippen LogP contribution in [-0.4, -0.2) is 55.0 Å². The predicted molar refractivity (Wildman–Crippen MR) is 177 cm³/mol. The number of benzene rings is 3. The average molecular weight is 600 g/mol. The van der Waals surface area contributed by atoms with Gasteiger partial charge >= 0.3 is 6.03 Å². The first-order chi connectivity index (χ1) is 21.2. The van der Waals surface area contributed by atoms with E-state index in [1.54, 1.807) is 54.3 Å². The zero-order valence-electron chi connectivity index (χ0n) is 26.3. The number of carbonyl (C=O) groups is 3. The molecule has 234 valence electrons. The summed E-state index contributed by atoms with van der Waals surface area (Å²) < 4.78 is 6.05. The Labute approximate surface area is 261 Å². The Balaban J connectivity index is 1.31. The Morgan fingerprint density at radius 1 is 0.864 bits per heavy atom. The molecule has 9 nitrogen and oxygen atoms in total. The molecule has 4 rings (SSSR count). The molecule has 3 N–H and O–H groups in total. The number of amides is 4. The molecule has 44 heavy (non-hydrogen) atoms. The molecule has 3 aromatic carbocycles. The molecule has 0 bridgehead atoms. The summed E-state index contributed by atoms with van der Waals surface area (Å²) in [4.78, 5) is 41.7. The highest BCUT2D eigenvalue weighted by Gasteiger charge is 2.17. The maximum absolute atomic E-state index is 13.0. The zero-order chi connectivity index (χ0) is 31.5. The molecule has 9 heteroatoms. The molecular formula is C35H45N5O4. The van der Waals surface area contributed by atoms with E-state index in [1.165, 1.54) is 19.3 Å². The van der Waals surface area contributed by atoms with E-state index < -0.39 is 0 Å². The van der Waals surface area contributed by atoms with Gasteiger partial charge in [-0.2, -0.15) is 0 Å².